The number of benzene rings is 1. The van der Waals surface area contributed by atoms with Crippen LogP contribution in [-0.4, -0.2) is 41.9 Å². The van der Waals surface area contributed by atoms with Gasteiger partial charge in [0.25, 0.3) is 5.91 Å². The Morgan fingerprint density at radius 1 is 1.18 bits per heavy atom. The predicted molar refractivity (Wildman–Crippen MR) is 84.0 cm³/mol. The van der Waals surface area contributed by atoms with Gasteiger partial charge < -0.3 is 9.32 Å². The second-order valence-corrected chi connectivity index (χ2v) is 6.08. The van der Waals surface area contributed by atoms with Gasteiger partial charge in [0.1, 0.15) is 5.82 Å². The van der Waals surface area contributed by atoms with E-state index in [-0.39, 0.29) is 11.7 Å². The molecule has 6 heteroatoms. The number of rotatable bonds is 3. The molecule has 0 saturated carbocycles. The van der Waals surface area contributed by atoms with Gasteiger partial charge in [0.05, 0.1) is 0 Å². The van der Waals surface area contributed by atoms with Crippen LogP contribution in [0, 0.1) is 5.82 Å². The Morgan fingerprint density at radius 2 is 1.95 bits per heavy atom. The van der Waals surface area contributed by atoms with E-state index >= 15 is 0 Å². The van der Waals surface area contributed by atoms with Gasteiger partial charge in [0.2, 0.25) is 0 Å². The summed E-state index contributed by atoms with van der Waals surface area (Å²) in [5.74, 6) is 0.0521. The van der Waals surface area contributed by atoms with E-state index in [1.165, 1.54) is 6.07 Å². The zero-order valence-corrected chi connectivity index (χ0v) is 13.6. The van der Waals surface area contributed by atoms with Gasteiger partial charge in [-0.3, -0.25) is 9.69 Å². The van der Waals surface area contributed by atoms with E-state index in [4.69, 9.17) is 4.42 Å². The van der Waals surface area contributed by atoms with Gasteiger partial charge in [0, 0.05) is 32.7 Å². The fourth-order valence-electron chi connectivity index (χ4n) is 2.59. The minimum absolute atomic E-state index is 0.0869. The van der Waals surface area contributed by atoms with Crippen molar-refractivity contribution < 1.29 is 13.6 Å². The number of nitrogens with zero attached hydrogens (tertiary/aromatic N) is 2. The van der Waals surface area contributed by atoms with Gasteiger partial charge >= 0.3 is 0 Å². The maximum atomic E-state index is 13.2. The van der Waals surface area contributed by atoms with Gasteiger partial charge in [-0.2, -0.15) is 0 Å². The first-order chi connectivity index (χ1) is 10.6. The van der Waals surface area contributed by atoms with Crippen LogP contribution >= 0.6 is 15.9 Å². The highest BCUT2D eigenvalue weighted by Crippen LogP contribution is 2.17. The highest BCUT2D eigenvalue weighted by Gasteiger charge is 2.24. The Hall–Kier alpha value is -1.66. The van der Waals surface area contributed by atoms with Crippen LogP contribution in [0.15, 0.2) is 45.5 Å². The number of carbonyl (C=O) groups excluding carboxylic acids is 1. The van der Waals surface area contributed by atoms with Crippen molar-refractivity contribution in [2.75, 3.05) is 26.2 Å². The molecule has 2 heterocycles. The monoisotopic (exact) mass is 366 g/mol. The van der Waals surface area contributed by atoms with Crippen molar-refractivity contribution in [1.82, 2.24) is 9.80 Å². The van der Waals surface area contributed by atoms with Crippen LogP contribution in [0.5, 0.6) is 0 Å². The molecule has 1 aromatic carbocycles. The molecule has 1 aliphatic heterocycles. The lowest BCUT2D eigenvalue weighted by Gasteiger charge is -2.34. The summed E-state index contributed by atoms with van der Waals surface area (Å²) in [6.07, 6.45) is 0. The molecule has 0 radical (unpaired) electrons. The van der Waals surface area contributed by atoms with Crippen molar-refractivity contribution in [2.45, 2.75) is 6.54 Å². The second kappa shape index (κ2) is 6.62. The van der Waals surface area contributed by atoms with Crippen LogP contribution in [0.25, 0.3) is 0 Å². The Balaban J connectivity index is 1.55. The highest BCUT2D eigenvalue weighted by atomic mass is 79.9. The third kappa shape index (κ3) is 3.56. The first-order valence-corrected chi connectivity index (χ1v) is 7.92. The van der Waals surface area contributed by atoms with E-state index in [1.54, 1.807) is 29.2 Å². The summed E-state index contributed by atoms with van der Waals surface area (Å²) < 4.78 is 19.1. The molecule has 3 rings (SSSR count). The third-order valence-corrected chi connectivity index (χ3v) is 4.16. The van der Waals surface area contributed by atoms with Crippen LogP contribution in [0.3, 0.4) is 0 Å². The number of furan rings is 1. The quantitative estimate of drug-likeness (QED) is 0.837. The first-order valence-electron chi connectivity index (χ1n) is 7.13. The minimum atomic E-state index is -0.213. The molecule has 2 aromatic rings. The number of halogens is 2. The average Bonchev–Trinajstić information content (AvgIpc) is 2.94. The predicted octanol–water partition coefficient (Wildman–Crippen LogP) is 3.14. The second-order valence-electron chi connectivity index (χ2n) is 5.30. The summed E-state index contributed by atoms with van der Waals surface area (Å²) in [5, 5.41) is 0. The normalized spacial score (nSPS) is 16.0. The molecule has 0 spiro atoms. The van der Waals surface area contributed by atoms with Gasteiger partial charge in [-0.25, -0.2) is 4.39 Å². The minimum Gasteiger partial charge on any atom is -0.444 e. The molecule has 0 unspecified atom stereocenters. The molecule has 22 heavy (non-hydrogen) atoms. The first kappa shape index (κ1) is 15.2. The molecule has 4 nitrogen and oxygen atoms in total. The Labute approximate surface area is 136 Å². The summed E-state index contributed by atoms with van der Waals surface area (Å²) in [7, 11) is 0. The van der Waals surface area contributed by atoms with Crippen LogP contribution < -0.4 is 0 Å². The maximum absolute atomic E-state index is 13.2. The van der Waals surface area contributed by atoms with E-state index in [0.717, 1.165) is 18.7 Å². The van der Waals surface area contributed by atoms with Crippen molar-refractivity contribution in [1.29, 1.82) is 0 Å². The Bertz CT molecular complexity index is 666. The molecule has 1 amide bonds. The fraction of sp³-hybridized carbons (Fsp3) is 0.312. The third-order valence-electron chi connectivity index (χ3n) is 3.74. The van der Waals surface area contributed by atoms with Crippen molar-refractivity contribution in [3.05, 3.63) is 58.2 Å². The van der Waals surface area contributed by atoms with Crippen LogP contribution in [0.2, 0.25) is 0 Å². The van der Waals surface area contributed by atoms with E-state index in [0.29, 0.717) is 30.1 Å². The van der Waals surface area contributed by atoms with E-state index < -0.39 is 0 Å². The SMILES string of the molecule is O=C(c1ccc(Br)o1)N1CCN(Cc2cccc(F)c2)CC1. The van der Waals surface area contributed by atoms with Crippen molar-refractivity contribution in [3.63, 3.8) is 0 Å². The highest BCUT2D eigenvalue weighted by molar-refractivity contribution is 9.10. The molecule has 1 fully saturated rings. The molecule has 0 bridgehead atoms. The standard InChI is InChI=1S/C16H16BrFN2O2/c17-15-5-4-14(22-15)16(21)20-8-6-19(7-9-20)11-12-2-1-3-13(18)10-12/h1-5,10H,6-9,11H2. The summed E-state index contributed by atoms with van der Waals surface area (Å²) >= 11 is 3.20. The summed E-state index contributed by atoms with van der Waals surface area (Å²) in [5.41, 5.74) is 0.953. The smallest absolute Gasteiger partial charge is 0.289 e. The number of hydrogen-bond acceptors (Lipinski definition) is 3. The number of hydrogen-bond donors (Lipinski definition) is 0. The van der Waals surface area contributed by atoms with Gasteiger partial charge in [-0.05, 0) is 45.8 Å². The molecule has 0 aliphatic carbocycles. The molecule has 1 aromatic heterocycles. The zero-order valence-electron chi connectivity index (χ0n) is 12.0. The number of carbonyl (C=O) groups is 1. The maximum Gasteiger partial charge on any atom is 0.289 e. The van der Waals surface area contributed by atoms with E-state index in [9.17, 15) is 9.18 Å². The molecule has 1 saturated heterocycles. The Morgan fingerprint density at radius 3 is 2.59 bits per heavy atom. The number of amides is 1. The molecule has 0 atom stereocenters. The number of piperazine rings is 1. The van der Waals surface area contributed by atoms with Gasteiger partial charge in [-0.1, -0.05) is 12.1 Å². The summed E-state index contributed by atoms with van der Waals surface area (Å²) in [6.45, 7) is 3.53. The zero-order chi connectivity index (χ0) is 15.5. The summed E-state index contributed by atoms with van der Waals surface area (Å²) in [4.78, 5) is 16.3. The lowest BCUT2D eigenvalue weighted by atomic mass is 10.2. The molecular weight excluding hydrogens is 351 g/mol. The molecule has 116 valence electrons. The fourth-order valence-corrected chi connectivity index (χ4v) is 2.89. The molecular formula is C16H16BrFN2O2. The van der Waals surface area contributed by atoms with E-state index in [2.05, 4.69) is 20.8 Å². The largest absolute Gasteiger partial charge is 0.444 e. The molecule has 0 N–H and O–H groups in total. The van der Waals surface area contributed by atoms with Crippen LogP contribution in [0.1, 0.15) is 16.1 Å². The average molecular weight is 367 g/mol. The van der Waals surface area contributed by atoms with Gasteiger partial charge in [-0.15, -0.1) is 0 Å². The van der Waals surface area contributed by atoms with Crippen molar-refractivity contribution in [3.8, 4) is 0 Å². The Kier molecular flexibility index (Phi) is 4.59. The molecule has 1 aliphatic rings. The topological polar surface area (TPSA) is 36.7 Å². The summed E-state index contributed by atoms with van der Waals surface area (Å²) in [6, 6.07) is 10.0. The lowest BCUT2D eigenvalue weighted by Crippen LogP contribution is -2.48. The van der Waals surface area contributed by atoms with Gasteiger partial charge in [0.15, 0.2) is 10.4 Å². The lowest BCUT2D eigenvalue weighted by molar-refractivity contribution is 0.0596. The van der Waals surface area contributed by atoms with Crippen LogP contribution in [-0.2, 0) is 6.54 Å². The van der Waals surface area contributed by atoms with Crippen LogP contribution in [0.4, 0.5) is 4.39 Å². The van der Waals surface area contributed by atoms with E-state index in [1.807, 2.05) is 6.07 Å². The van der Waals surface area contributed by atoms with Crippen molar-refractivity contribution in [2.24, 2.45) is 0 Å². The van der Waals surface area contributed by atoms with Crippen molar-refractivity contribution >= 4 is 21.8 Å².